The van der Waals surface area contributed by atoms with Gasteiger partial charge in [0.05, 0.1) is 12.8 Å². The Bertz CT molecular complexity index is 313. The normalized spacial score (nSPS) is 9.86. The Morgan fingerprint density at radius 2 is 2.50 bits per heavy atom. The highest BCUT2D eigenvalue weighted by molar-refractivity contribution is 7.19. The molecular formula is C8H13N3O2S. The summed E-state index contributed by atoms with van der Waals surface area (Å²) in [7, 11) is 1.80. The number of rotatable bonds is 4. The second kappa shape index (κ2) is 4.80. The smallest absolute Gasteiger partial charge is 0.325 e. The van der Waals surface area contributed by atoms with Gasteiger partial charge in [0.25, 0.3) is 0 Å². The molecule has 2 N–H and O–H groups in total. The minimum atomic E-state index is -0.248. The van der Waals surface area contributed by atoms with E-state index in [1.54, 1.807) is 25.1 Å². The lowest BCUT2D eigenvalue weighted by Gasteiger charge is -2.14. The molecule has 0 saturated carbocycles. The second-order valence-corrected chi connectivity index (χ2v) is 3.74. The number of carbonyl (C=O) groups excluding carboxylic acids is 1. The highest BCUT2D eigenvalue weighted by Crippen LogP contribution is 2.23. The van der Waals surface area contributed by atoms with Crippen LogP contribution in [0.5, 0.6) is 0 Å². The maximum Gasteiger partial charge on any atom is 0.325 e. The van der Waals surface area contributed by atoms with Crippen molar-refractivity contribution in [2.24, 2.45) is 0 Å². The van der Waals surface area contributed by atoms with Crippen molar-refractivity contribution in [2.45, 2.75) is 6.92 Å². The van der Waals surface area contributed by atoms with E-state index in [0.29, 0.717) is 11.7 Å². The molecule has 14 heavy (non-hydrogen) atoms. The van der Waals surface area contributed by atoms with E-state index in [2.05, 4.69) is 4.98 Å². The molecule has 1 heterocycles. The van der Waals surface area contributed by atoms with Crippen molar-refractivity contribution in [3.63, 3.8) is 0 Å². The highest BCUT2D eigenvalue weighted by atomic mass is 32.1. The maximum absolute atomic E-state index is 11.1. The van der Waals surface area contributed by atoms with Crippen LogP contribution in [0.1, 0.15) is 6.92 Å². The Morgan fingerprint density at radius 1 is 1.79 bits per heavy atom. The highest BCUT2D eigenvalue weighted by Gasteiger charge is 2.09. The number of anilines is 2. The molecule has 78 valence electrons. The minimum absolute atomic E-state index is 0.218. The van der Waals surface area contributed by atoms with Crippen LogP contribution in [-0.4, -0.2) is 31.2 Å². The Morgan fingerprint density at radius 3 is 3.00 bits per heavy atom. The Hall–Kier alpha value is -1.30. The molecule has 0 radical (unpaired) electrons. The molecule has 0 unspecified atom stereocenters. The van der Waals surface area contributed by atoms with Crippen LogP contribution in [0.3, 0.4) is 0 Å². The van der Waals surface area contributed by atoms with Crippen LogP contribution in [0.4, 0.5) is 10.1 Å². The van der Waals surface area contributed by atoms with Gasteiger partial charge in [-0.05, 0) is 6.92 Å². The molecule has 0 aliphatic heterocycles. The summed E-state index contributed by atoms with van der Waals surface area (Å²) >= 11 is 1.34. The van der Waals surface area contributed by atoms with Crippen LogP contribution in [0.2, 0.25) is 0 Å². The van der Waals surface area contributed by atoms with Gasteiger partial charge in [-0.15, -0.1) is 0 Å². The average molecular weight is 215 g/mol. The minimum Gasteiger partial charge on any atom is -0.465 e. The molecule has 0 bridgehead atoms. The molecule has 0 aliphatic carbocycles. The van der Waals surface area contributed by atoms with Gasteiger partial charge in [0, 0.05) is 7.05 Å². The van der Waals surface area contributed by atoms with Crippen molar-refractivity contribution in [1.29, 1.82) is 0 Å². The summed E-state index contributed by atoms with van der Waals surface area (Å²) in [6.45, 7) is 2.40. The number of esters is 1. The summed E-state index contributed by atoms with van der Waals surface area (Å²) in [5, 5.41) is 1.35. The van der Waals surface area contributed by atoms with Crippen molar-refractivity contribution < 1.29 is 9.53 Å². The van der Waals surface area contributed by atoms with Crippen LogP contribution in [-0.2, 0) is 9.53 Å². The molecule has 0 aromatic carbocycles. The van der Waals surface area contributed by atoms with E-state index in [-0.39, 0.29) is 12.5 Å². The first-order valence-electron chi connectivity index (χ1n) is 4.21. The molecule has 0 atom stereocenters. The fourth-order valence-corrected chi connectivity index (χ4v) is 1.58. The number of nitrogens with two attached hydrogens (primary N) is 1. The van der Waals surface area contributed by atoms with E-state index >= 15 is 0 Å². The monoisotopic (exact) mass is 215 g/mol. The quantitative estimate of drug-likeness (QED) is 0.750. The average Bonchev–Trinajstić information content (AvgIpc) is 2.52. The third-order valence-corrected chi connectivity index (χ3v) is 2.50. The molecule has 0 spiro atoms. The number of thiazole rings is 1. The summed E-state index contributed by atoms with van der Waals surface area (Å²) in [6.07, 6.45) is 1.64. The molecule has 0 aliphatic rings. The zero-order valence-electron chi connectivity index (χ0n) is 8.19. The summed E-state index contributed by atoms with van der Waals surface area (Å²) in [5.41, 5.74) is 5.47. The van der Waals surface area contributed by atoms with Gasteiger partial charge >= 0.3 is 5.97 Å². The van der Waals surface area contributed by atoms with E-state index in [0.717, 1.165) is 5.00 Å². The fourth-order valence-electron chi connectivity index (χ4n) is 0.933. The standard InChI is InChI=1S/C8H13N3O2S/c1-3-13-7(12)5-11(2)6-4-10-8(9)14-6/h4H,3,5H2,1-2H3,(H2,9,10). The topological polar surface area (TPSA) is 68.5 Å². The zero-order chi connectivity index (χ0) is 10.6. The summed E-state index contributed by atoms with van der Waals surface area (Å²) in [5.74, 6) is -0.248. The lowest BCUT2D eigenvalue weighted by molar-refractivity contribution is -0.141. The molecular weight excluding hydrogens is 202 g/mol. The Labute approximate surface area is 86.5 Å². The van der Waals surface area contributed by atoms with Crippen LogP contribution < -0.4 is 10.6 Å². The van der Waals surface area contributed by atoms with Gasteiger partial charge in [0.2, 0.25) is 0 Å². The van der Waals surface area contributed by atoms with Crippen molar-refractivity contribution in [3.05, 3.63) is 6.20 Å². The van der Waals surface area contributed by atoms with Crippen molar-refractivity contribution >= 4 is 27.4 Å². The molecule has 1 rings (SSSR count). The van der Waals surface area contributed by atoms with E-state index in [9.17, 15) is 4.79 Å². The molecule has 1 aromatic rings. The SMILES string of the molecule is CCOC(=O)CN(C)c1cnc(N)s1. The van der Waals surface area contributed by atoms with Crippen LogP contribution in [0.15, 0.2) is 6.20 Å². The van der Waals surface area contributed by atoms with Gasteiger partial charge < -0.3 is 15.4 Å². The second-order valence-electron chi connectivity index (χ2n) is 2.70. The van der Waals surface area contributed by atoms with Gasteiger partial charge in [-0.25, -0.2) is 4.98 Å². The third-order valence-electron chi connectivity index (χ3n) is 1.56. The fraction of sp³-hybridized carbons (Fsp3) is 0.500. The van der Waals surface area contributed by atoms with E-state index in [4.69, 9.17) is 10.5 Å². The number of hydrogen-bond donors (Lipinski definition) is 1. The molecule has 0 amide bonds. The molecule has 5 nitrogen and oxygen atoms in total. The maximum atomic E-state index is 11.1. The first-order chi connectivity index (χ1) is 6.63. The summed E-state index contributed by atoms with van der Waals surface area (Å²) in [6, 6.07) is 0. The summed E-state index contributed by atoms with van der Waals surface area (Å²) in [4.78, 5) is 16.8. The largest absolute Gasteiger partial charge is 0.465 e. The number of nitrogen functional groups attached to an aromatic ring is 1. The first kappa shape index (κ1) is 10.8. The Balaban J connectivity index is 2.50. The van der Waals surface area contributed by atoms with Crippen LogP contribution in [0.25, 0.3) is 0 Å². The predicted molar refractivity (Wildman–Crippen MR) is 56.4 cm³/mol. The van der Waals surface area contributed by atoms with E-state index in [1.807, 2.05) is 0 Å². The number of carbonyl (C=O) groups is 1. The van der Waals surface area contributed by atoms with Gasteiger partial charge in [0.1, 0.15) is 11.5 Å². The molecule has 1 aromatic heterocycles. The third kappa shape index (κ3) is 2.88. The number of aromatic nitrogens is 1. The lowest BCUT2D eigenvalue weighted by atomic mass is 10.5. The molecule has 0 fully saturated rings. The van der Waals surface area contributed by atoms with E-state index in [1.165, 1.54) is 11.3 Å². The summed E-state index contributed by atoms with van der Waals surface area (Å²) < 4.78 is 4.81. The first-order valence-corrected chi connectivity index (χ1v) is 5.03. The number of nitrogens with zero attached hydrogens (tertiary/aromatic N) is 2. The Kier molecular flexibility index (Phi) is 3.70. The van der Waals surface area contributed by atoms with E-state index < -0.39 is 0 Å². The van der Waals surface area contributed by atoms with Gasteiger partial charge in [-0.2, -0.15) is 0 Å². The van der Waals surface area contributed by atoms with Gasteiger partial charge in [-0.3, -0.25) is 4.79 Å². The number of ether oxygens (including phenoxy) is 1. The van der Waals surface area contributed by atoms with Gasteiger partial charge in [0.15, 0.2) is 5.13 Å². The van der Waals surface area contributed by atoms with Crippen molar-refractivity contribution in [3.8, 4) is 0 Å². The lowest BCUT2D eigenvalue weighted by Crippen LogP contribution is -2.26. The number of likely N-dealkylation sites (N-methyl/N-ethyl adjacent to an activating group) is 1. The van der Waals surface area contributed by atoms with Crippen LogP contribution >= 0.6 is 11.3 Å². The number of hydrogen-bond acceptors (Lipinski definition) is 6. The predicted octanol–water partition coefficient (Wildman–Crippen LogP) is 0.725. The zero-order valence-corrected chi connectivity index (χ0v) is 9.00. The molecule has 6 heteroatoms. The van der Waals surface area contributed by atoms with Crippen molar-refractivity contribution in [2.75, 3.05) is 30.8 Å². The van der Waals surface area contributed by atoms with Crippen molar-refractivity contribution in [1.82, 2.24) is 4.98 Å². The van der Waals surface area contributed by atoms with Gasteiger partial charge in [-0.1, -0.05) is 11.3 Å². The molecule has 0 saturated heterocycles. The van der Waals surface area contributed by atoms with Crippen LogP contribution in [0, 0.1) is 0 Å².